The zero-order valence-corrected chi connectivity index (χ0v) is 23.9. The smallest absolute Gasteiger partial charge is 0.164 e. The van der Waals surface area contributed by atoms with Gasteiger partial charge in [-0.3, -0.25) is 0 Å². The molecule has 44 heavy (non-hydrogen) atoms. The van der Waals surface area contributed by atoms with Crippen LogP contribution in [-0.2, 0) is 6.61 Å². The summed E-state index contributed by atoms with van der Waals surface area (Å²) >= 11 is 0. The van der Waals surface area contributed by atoms with Crippen LogP contribution < -0.4 is 4.74 Å². The molecule has 0 N–H and O–H groups in total. The molecule has 0 fully saturated rings. The number of hydrogen-bond donors (Lipinski definition) is 0. The molecule has 0 aliphatic carbocycles. The van der Waals surface area contributed by atoms with Crippen molar-refractivity contribution in [3.05, 3.63) is 157 Å². The van der Waals surface area contributed by atoms with Gasteiger partial charge in [0.05, 0.1) is 0 Å². The largest absolute Gasteiger partial charge is 0.488 e. The third-order valence-corrected chi connectivity index (χ3v) is 8.05. The van der Waals surface area contributed by atoms with Crippen LogP contribution in [-0.4, -0.2) is 15.0 Å². The van der Waals surface area contributed by atoms with Crippen molar-refractivity contribution in [2.75, 3.05) is 0 Å². The van der Waals surface area contributed by atoms with Gasteiger partial charge in [0.15, 0.2) is 17.5 Å². The molecule has 0 unspecified atom stereocenters. The first-order valence-electron chi connectivity index (χ1n) is 14.7. The SMILES string of the molecule is c1ccc(-c2cccc(-c3nc(-c4ccccc4)nc(-c4ccc(-c5cccc6c5-c5ccccc5CO6)cc4)n3)c2)cc1. The lowest BCUT2D eigenvalue weighted by Gasteiger charge is -2.23. The first-order valence-corrected chi connectivity index (χ1v) is 14.7. The van der Waals surface area contributed by atoms with Crippen molar-refractivity contribution >= 4 is 0 Å². The minimum atomic E-state index is 0.589. The summed E-state index contributed by atoms with van der Waals surface area (Å²) < 4.78 is 6.13. The maximum Gasteiger partial charge on any atom is 0.164 e. The van der Waals surface area contributed by atoms with Crippen LogP contribution in [0.4, 0.5) is 0 Å². The number of hydrogen-bond acceptors (Lipinski definition) is 4. The van der Waals surface area contributed by atoms with Crippen LogP contribution in [0, 0.1) is 0 Å². The van der Waals surface area contributed by atoms with E-state index in [4.69, 9.17) is 19.7 Å². The number of ether oxygens (including phenoxy) is 1. The average molecular weight is 566 g/mol. The molecular weight excluding hydrogens is 538 g/mol. The van der Waals surface area contributed by atoms with E-state index < -0.39 is 0 Å². The summed E-state index contributed by atoms with van der Waals surface area (Å²) in [5.74, 6) is 2.83. The summed E-state index contributed by atoms with van der Waals surface area (Å²) in [7, 11) is 0. The number of nitrogens with zero attached hydrogens (tertiary/aromatic N) is 3. The van der Waals surface area contributed by atoms with Crippen molar-refractivity contribution in [2.24, 2.45) is 0 Å². The average Bonchev–Trinajstić information content (AvgIpc) is 3.12. The Hall–Kier alpha value is -5.87. The highest BCUT2D eigenvalue weighted by Crippen LogP contribution is 2.44. The highest BCUT2D eigenvalue weighted by molar-refractivity contribution is 5.90. The van der Waals surface area contributed by atoms with Crippen molar-refractivity contribution in [1.82, 2.24) is 15.0 Å². The molecule has 208 valence electrons. The van der Waals surface area contributed by atoms with Gasteiger partial charge in [0.25, 0.3) is 0 Å². The molecule has 1 aromatic heterocycles. The maximum atomic E-state index is 6.13. The van der Waals surface area contributed by atoms with Gasteiger partial charge in [-0.1, -0.05) is 140 Å². The van der Waals surface area contributed by atoms with Crippen molar-refractivity contribution in [2.45, 2.75) is 6.61 Å². The quantitative estimate of drug-likeness (QED) is 0.208. The highest BCUT2D eigenvalue weighted by atomic mass is 16.5. The molecule has 8 rings (SSSR count). The standard InChI is InChI=1S/C40H27N3O/c1-3-11-27(12-4-1)31-16-9-17-32(25-31)40-42-38(29-13-5-2-6-14-29)41-39(43-40)30-23-21-28(22-24-30)34-19-10-20-36-37(34)35-18-8-7-15-33(35)26-44-36/h1-25H,26H2. The Morgan fingerprint density at radius 2 is 0.909 bits per heavy atom. The lowest BCUT2D eigenvalue weighted by Crippen LogP contribution is -2.06. The van der Waals surface area contributed by atoms with Gasteiger partial charge in [-0.15, -0.1) is 0 Å². The van der Waals surface area contributed by atoms with E-state index in [2.05, 4.69) is 109 Å². The van der Waals surface area contributed by atoms with Gasteiger partial charge in [0.1, 0.15) is 12.4 Å². The second-order valence-electron chi connectivity index (χ2n) is 10.8. The van der Waals surface area contributed by atoms with Gasteiger partial charge in [-0.2, -0.15) is 0 Å². The molecule has 4 heteroatoms. The lowest BCUT2D eigenvalue weighted by atomic mass is 9.89. The van der Waals surface area contributed by atoms with Crippen LogP contribution in [0.5, 0.6) is 5.75 Å². The van der Waals surface area contributed by atoms with Crippen LogP contribution in [0.15, 0.2) is 152 Å². The van der Waals surface area contributed by atoms with Crippen LogP contribution in [0.2, 0.25) is 0 Å². The molecule has 0 radical (unpaired) electrons. The summed E-state index contributed by atoms with van der Waals surface area (Å²) in [6, 6.07) is 52.0. The Kier molecular flexibility index (Phi) is 6.50. The second-order valence-corrected chi connectivity index (χ2v) is 10.8. The molecule has 6 aromatic carbocycles. The zero-order valence-electron chi connectivity index (χ0n) is 23.9. The van der Waals surface area contributed by atoms with E-state index in [1.54, 1.807) is 0 Å². The molecule has 0 saturated heterocycles. The molecule has 0 amide bonds. The van der Waals surface area contributed by atoms with E-state index >= 15 is 0 Å². The highest BCUT2D eigenvalue weighted by Gasteiger charge is 2.21. The van der Waals surface area contributed by atoms with Crippen molar-refractivity contribution in [3.8, 4) is 73.3 Å². The molecular formula is C40H27N3O. The fourth-order valence-electron chi connectivity index (χ4n) is 5.83. The summed E-state index contributed by atoms with van der Waals surface area (Å²) in [6.45, 7) is 0.589. The predicted octanol–water partition coefficient (Wildman–Crippen LogP) is 9.77. The van der Waals surface area contributed by atoms with Gasteiger partial charge in [-0.25, -0.2) is 15.0 Å². The lowest BCUT2D eigenvalue weighted by molar-refractivity contribution is 0.302. The van der Waals surface area contributed by atoms with Crippen LogP contribution >= 0.6 is 0 Å². The molecule has 2 heterocycles. The third kappa shape index (κ3) is 4.83. The Morgan fingerprint density at radius 3 is 1.66 bits per heavy atom. The van der Waals surface area contributed by atoms with E-state index in [0.717, 1.165) is 50.3 Å². The normalized spacial score (nSPS) is 11.7. The van der Waals surface area contributed by atoms with Gasteiger partial charge in [0, 0.05) is 22.3 Å². The first-order chi connectivity index (χ1) is 21.8. The van der Waals surface area contributed by atoms with E-state index in [1.165, 1.54) is 11.1 Å². The Balaban J connectivity index is 1.22. The van der Waals surface area contributed by atoms with E-state index in [-0.39, 0.29) is 0 Å². The predicted molar refractivity (Wildman–Crippen MR) is 177 cm³/mol. The molecule has 0 saturated carbocycles. The van der Waals surface area contributed by atoms with Gasteiger partial charge in [0.2, 0.25) is 0 Å². The molecule has 0 atom stereocenters. The Labute approximate surface area is 256 Å². The monoisotopic (exact) mass is 565 g/mol. The first kappa shape index (κ1) is 25.8. The molecule has 1 aliphatic heterocycles. The van der Waals surface area contributed by atoms with Gasteiger partial charge in [-0.05, 0) is 45.5 Å². The number of fused-ring (bicyclic) bond motifs is 3. The van der Waals surface area contributed by atoms with Crippen LogP contribution in [0.3, 0.4) is 0 Å². The van der Waals surface area contributed by atoms with Crippen LogP contribution in [0.1, 0.15) is 5.56 Å². The van der Waals surface area contributed by atoms with Crippen LogP contribution in [0.25, 0.3) is 67.5 Å². The summed E-state index contributed by atoms with van der Waals surface area (Å²) in [4.78, 5) is 14.9. The number of benzene rings is 6. The molecule has 4 nitrogen and oxygen atoms in total. The molecule has 1 aliphatic rings. The molecule has 7 aromatic rings. The van der Waals surface area contributed by atoms with Gasteiger partial charge < -0.3 is 4.74 Å². The van der Waals surface area contributed by atoms with Crippen molar-refractivity contribution < 1.29 is 4.74 Å². The minimum absolute atomic E-state index is 0.589. The summed E-state index contributed by atoms with van der Waals surface area (Å²) in [5, 5.41) is 0. The van der Waals surface area contributed by atoms with E-state index in [1.807, 2.05) is 42.5 Å². The number of aromatic nitrogens is 3. The number of rotatable bonds is 5. The molecule has 0 bridgehead atoms. The zero-order chi connectivity index (χ0) is 29.3. The fourth-order valence-corrected chi connectivity index (χ4v) is 5.83. The van der Waals surface area contributed by atoms with Crippen molar-refractivity contribution in [1.29, 1.82) is 0 Å². The van der Waals surface area contributed by atoms with E-state index in [0.29, 0.717) is 24.1 Å². The molecule has 0 spiro atoms. The Bertz CT molecular complexity index is 2110. The van der Waals surface area contributed by atoms with Crippen molar-refractivity contribution in [3.63, 3.8) is 0 Å². The summed E-state index contributed by atoms with van der Waals surface area (Å²) in [5.41, 5.74) is 10.9. The fraction of sp³-hybridized carbons (Fsp3) is 0.0250. The maximum absolute atomic E-state index is 6.13. The van der Waals surface area contributed by atoms with E-state index in [9.17, 15) is 0 Å². The second kappa shape index (κ2) is 11.1. The Morgan fingerprint density at radius 1 is 0.386 bits per heavy atom. The topological polar surface area (TPSA) is 47.9 Å². The minimum Gasteiger partial charge on any atom is -0.488 e. The third-order valence-electron chi connectivity index (χ3n) is 8.05. The summed E-state index contributed by atoms with van der Waals surface area (Å²) in [6.07, 6.45) is 0. The van der Waals surface area contributed by atoms with Gasteiger partial charge >= 0.3 is 0 Å².